The molecule has 3 rings (SSSR count). The summed E-state index contributed by atoms with van der Waals surface area (Å²) in [6.07, 6.45) is 5.64. The Kier molecular flexibility index (Phi) is 3.67. The predicted molar refractivity (Wildman–Crippen MR) is 71.5 cm³/mol. The van der Waals surface area contributed by atoms with Crippen LogP contribution in [0.4, 0.5) is 0 Å². The molecular formula is C16H22O2. The number of aliphatic hydroxyl groups is 1. The Morgan fingerprint density at radius 3 is 2.78 bits per heavy atom. The van der Waals surface area contributed by atoms with E-state index in [-0.39, 0.29) is 6.10 Å². The minimum atomic E-state index is -0.182. The van der Waals surface area contributed by atoms with Crippen molar-refractivity contribution in [1.82, 2.24) is 0 Å². The van der Waals surface area contributed by atoms with E-state index in [1.54, 1.807) is 0 Å². The Bertz CT molecular complexity index is 370. The number of benzene rings is 1. The second-order valence-electron chi connectivity index (χ2n) is 5.71. The fourth-order valence-electron chi connectivity index (χ4n) is 3.16. The topological polar surface area (TPSA) is 29.5 Å². The van der Waals surface area contributed by atoms with Gasteiger partial charge in [0.1, 0.15) is 0 Å². The van der Waals surface area contributed by atoms with Gasteiger partial charge in [0.25, 0.3) is 0 Å². The van der Waals surface area contributed by atoms with Crippen molar-refractivity contribution in [1.29, 1.82) is 0 Å². The molecule has 0 spiro atoms. The molecule has 98 valence electrons. The number of hydrogen-bond acceptors (Lipinski definition) is 2. The van der Waals surface area contributed by atoms with Gasteiger partial charge in [0.05, 0.1) is 12.2 Å². The molecular weight excluding hydrogens is 224 g/mol. The largest absolute Gasteiger partial charge is 0.393 e. The molecule has 1 aliphatic heterocycles. The zero-order valence-electron chi connectivity index (χ0n) is 10.8. The van der Waals surface area contributed by atoms with Crippen molar-refractivity contribution in [2.75, 3.05) is 6.61 Å². The summed E-state index contributed by atoms with van der Waals surface area (Å²) in [5.74, 6) is 1.03. The molecule has 2 aliphatic rings. The van der Waals surface area contributed by atoms with E-state index >= 15 is 0 Å². The van der Waals surface area contributed by atoms with Crippen LogP contribution in [0, 0.1) is 5.92 Å². The van der Waals surface area contributed by atoms with Crippen molar-refractivity contribution >= 4 is 0 Å². The van der Waals surface area contributed by atoms with Crippen LogP contribution in [0.3, 0.4) is 0 Å². The summed E-state index contributed by atoms with van der Waals surface area (Å²) in [5.41, 5.74) is 1.38. The molecule has 18 heavy (non-hydrogen) atoms. The van der Waals surface area contributed by atoms with Crippen LogP contribution in [-0.2, 0) is 4.74 Å². The smallest absolute Gasteiger partial charge is 0.0599 e. The Labute approximate surface area is 109 Å². The van der Waals surface area contributed by atoms with Crippen molar-refractivity contribution in [2.24, 2.45) is 5.92 Å². The molecule has 1 N–H and O–H groups in total. The zero-order valence-corrected chi connectivity index (χ0v) is 10.8. The Balaban J connectivity index is 1.51. The molecule has 0 bridgehead atoms. The molecule has 0 aromatic heterocycles. The number of hydrogen-bond donors (Lipinski definition) is 1. The molecule has 1 aromatic rings. The van der Waals surface area contributed by atoms with Gasteiger partial charge in [-0.1, -0.05) is 30.3 Å². The van der Waals surface area contributed by atoms with E-state index in [9.17, 15) is 5.11 Å². The lowest BCUT2D eigenvalue weighted by atomic mass is 9.99. The number of rotatable bonds is 4. The third-order valence-electron chi connectivity index (χ3n) is 4.34. The van der Waals surface area contributed by atoms with Gasteiger partial charge in [-0.05, 0) is 49.5 Å². The van der Waals surface area contributed by atoms with E-state index in [0.717, 1.165) is 25.9 Å². The van der Waals surface area contributed by atoms with Crippen LogP contribution in [0.5, 0.6) is 0 Å². The Hall–Kier alpha value is -0.860. The summed E-state index contributed by atoms with van der Waals surface area (Å²) in [7, 11) is 0. The fraction of sp³-hybridized carbons (Fsp3) is 0.625. The van der Waals surface area contributed by atoms with Crippen LogP contribution in [0.1, 0.15) is 43.6 Å². The normalized spacial score (nSPS) is 33.1. The first-order valence-corrected chi connectivity index (χ1v) is 7.19. The van der Waals surface area contributed by atoms with E-state index in [0.29, 0.717) is 17.9 Å². The highest BCUT2D eigenvalue weighted by molar-refractivity contribution is 5.26. The first-order chi connectivity index (χ1) is 8.84. The monoisotopic (exact) mass is 246 g/mol. The molecule has 0 amide bonds. The quantitative estimate of drug-likeness (QED) is 0.884. The Morgan fingerprint density at radius 2 is 2.06 bits per heavy atom. The van der Waals surface area contributed by atoms with E-state index in [2.05, 4.69) is 24.3 Å². The van der Waals surface area contributed by atoms with Crippen LogP contribution < -0.4 is 0 Å². The van der Waals surface area contributed by atoms with Crippen molar-refractivity contribution in [3.8, 4) is 0 Å². The minimum absolute atomic E-state index is 0.182. The lowest BCUT2D eigenvalue weighted by Gasteiger charge is -2.24. The van der Waals surface area contributed by atoms with Crippen LogP contribution in [-0.4, -0.2) is 23.9 Å². The third-order valence-corrected chi connectivity index (χ3v) is 4.34. The highest BCUT2D eigenvalue weighted by atomic mass is 16.5. The van der Waals surface area contributed by atoms with Crippen molar-refractivity contribution in [3.05, 3.63) is 35.9 Å². The van der Waals surface area contributed by atoms with Gasteiger partial charge in [-0.2, -0.15) is 0 Å². The summed E-state index contributed by atoms with van der Waals surface area (Å²) < 4.78 is 5.71. The molecule has 0 radical (unpaired) electrons. The summed E-state index contributed by atoms with van der Waals surface area (Å²) >= 11 is 0. The molecule has 1 saturated carbocycles. The first kappa shape index (κ1) is 12.2. The Morgan fingerprint density at radius 1 is 1.22 bits per heavy atom. The van der Waals surface area contributed by atoms with E-state index in [4.69, 9.17) is 4.74 Å². The van der Waals surface area contributed by atoms with Crippen molar-refractivity contribution in [2.45, 2.75) is 50.2 Å². The van der Waals surface area contributed by atoms with Crippen LogP contribution >= 0.6 is 0 Å². The fourth-order valence-corrected chi connectivity index (χ4v) is 3.16. The molecule has 2 nitrogen and oxygen atoms in total. The maximum atomic E-state index is 10.3. The first-order valence-electron chi connectivity index (χ1n) is 7.19. The van der Waals surface area contributed by atoms with Gasteiger partial charge in [0.15, 0.2) is 0 Å². The van der Waals surface area contributed by atoms with Crippen LogP contribution in [0.25, 0.3) is 0 Å². The molecule has 1 heterocycles. The highest BCUT2D eigenvalue weighted by Crippen LogP contribution is 2.50. The van der Waals surface area contributed by atoms with Gasteiger partial charge in [0, 0.05) is 6.61 Å². The van der Waals surface area contributed by atoms with E-state index in [1.165, 1.54) is 18.4 Å². The third kappa shape index (κ3) is 2.76. The molecule has 1 saturated heterocycles. The molecule has 4 unspecified atom stereocenters. The predicted octanol–water partition coefficient (Wildman–Crippen LogP) is 3.11. The summed E-state index contributed by atoms with van der Waals surface area (Å²) in [5, 5.41) is 10.3. The van der Waals surface area contributed by atoms with E-state index in [1.807, 2.05) is 6.07 Å². The van der Waals surface area contributed by atoms with Crippen LogP contribution in [0.15, 0.2) is 30.3 Å². The molecule has 1 aliphatic carbocycles. The highest BCUT2D eigenvalue weighted by Gasteiger charge is 2.43. The maximum absolute atomic E-state index is 10.3. The molecule has 2 fully saturated rings. The van der Waals surface area contributed by atoms with Gasteiger partial charge >= 0.3 is 0 Å². The minimum Gasteiger partial charge on any atom is -0.393 e. The second-order valence-corrected chi connectivity index (χ2v) is 5.71. The van der Waals surface area contributed by atoms with Gasteiger partial charge in [-0.15, -0.1) is 0 Å². The number of ether oxygens (including phenoxy) is 1. The summed E-state index contributed by atoms with van der Waals surface area (Å²) in [6, 6.07) is 10.6. The van der Waals surface area contributed by atoms with Gasteiger partial charge in [-0.3, -0.25) is 0 Å². The summed E-state index contributed by atoms with van der Waals surface area (Å²) in [4.78, 5) is 0. The van der Waals surface area contributed by atoms with Crippen LogP contribution in [0.2, 0.25) is 0 Å². The van der Waals surface area contributed by atoms with Gasteiger partial charge < -0.3 is 9.84 Å². The lowest BCUT2D eigenvalue weighted by Crippen LogP contribution is -2.25. The second kappa shape index (κ2) is 5.41. The number of aliphatic hydroxyl groups excluding tert-OH is 1. The average molecular weight is 246 g/mol. The van der Waals surface area contributed by atoms with Crippen molar-refractivity contribution < 1.29 is 9.84 Å². The lowest BCUT2D eigenvalue weighted by molar-refractivity contribution is -0.0194. The zero-order chi connectivity index (χ0) is 12.4. The standard InChI is InChI=1S/C16H22O2/c17-16(10-13-8-4-5-9-18-13)15-11-14(15)12-6-2-1-3-7-12/h1-3,6-7,13-17H,4-5,8-11H2. The molecule has 4 atom stereocenters. The molecule has 2 heteroatoms. The van der Waals surface area contributed by atoms with Gasteiger partial charge in [-0.25, -0.2) is 0 Å². The SMILES string of the molecule is OC(CC1CCCCO1)C1CC1c1ccccc1. The molecule has 1 aromatic carbocycles. The average Bonchev–Trinajstić information content (AvgIpc) is 3.21. The van der Waals surface area contributed by atoms with E-state index < -0.39 is 0 Å². The van der Waals surface area contributed by atoms with Crippen molar-refractivity contribution in [3.63, 3.8) is 0 Å². The maximum Gasteiger partial charge on any atom is 0.0599 e. The summed E-state index contributed by atoms with van der Waals surface area (Å²) in [6.45, 7) is 0.879. The van der Waals surface area contributed by atoms with Gasteiger partial charge in [0.2, 0.25) is 0 Å².